The Balaban J connectivity index is 1.75. The Bertz CT molecular complexity index is 1070. The van der Waals surface area contributed by atoms with E-state index in [1.165, 1.54) is 0 Å². The van der Waals surface area contributed by atoms with Gasteiger partial charge in [-0.15, -0.1) is 0 Å². The van der Waals surface area contributed by atoms with Crippen LogP contribution in [0.25, 0.3) is 22.1 Å². The molecule has 0 saturated heterocycles. The van der Waals surface area contributed by atoms with Crippen LogP contribution in [0.1, 0.15) is 11.4 Å². The number of ether oxygens (including phenoxy) is 2. The zero-order valence-electron chi connectivity index (χ0n) is 14.7. The van der Waals surface area contributed by atoms with E-state index in [-0.39, 0.29) is 0 Å². The lowest BCUT2D eigenvalue weighted by atomic mass is 10.0. The smallest absolute Gasteiger partial charge is 0.230 e. The number of hydrogen-bond donors (Lipinski definition) is 0. The van der Waals surface area contributed by atoms with Crippen LogP contribution in [-0.4, -0.2) is 22.1 Å². The number of aryl methyl sites for hydroxylation is 2. The summed E-state index contributed by atoms with van der Waals surface area (Å²) in [5, 5.41) is 0.818. The third-order valence-corrected chi connectivity index (χ3v) is 4.23. The van der Waals surface area contributed by atoms with Crippen LogP contribution >= 0.6 is 0 Å². The van der Waals surface area contributed by atoms with E-state index >= 15 is 0 Å². The number of benzene rings is 1. The lowest BCUT2D eigenvalue weighted by Crippen LogP contribution is -1.97. The number of methoxy groups -OCH3 is 1. The second kappa shape index (κ2) is 6.48. The lowest BCUT2D eigenvalue weighted by molar-refractivity contribution is 0.409. The molecule has 3 aromatic heterocycles. The number of nitrogens with zero attached hydrogens (tertiary/aromatic N) is 3. The normalized spacial score (nSPS) is 10.9. The minimum Gasteiger partial charge on any atom is -0.496 e. The maximum Gasteiger partial charge on any atom is 0.230 e. The highest BCUT2D eigenvalue weighted by Crippen LogP contribution is 2.37. The first-order valence-corrected chi connectivity index (χ1v) is 8.14. The van der Waals surface area contributed by atoms with Gasteiger partial charge in [0, 0.05) is 34.8 Å². The second-order valence-electron chi connectivity index (χ2n) is 5.83. The zero-order valence-corrected chi connectivity index (χ0v) is 14.7. The van der Waals surface area contributed by atoms with Crippen LogP contribution in [0.3, 0.4) is 0 Å². The minimum atomic E-state index is 0.487. The Morgan fingerprint density at radius 2 is 1.77 bits per heavy atom. The third kappa shape index (κ3) is 2.75. The van der Waals surface area contributed by atoms with E-state index in [2.05, 4.69) is 15.0 Å². The molecule has 0 aliphatic rings. The molecule has 0 radical (unpaired) electrons. The SMILES string of the molecule is COc1cc(Oc2nccc3occc23)ccc1-c1c(C)ncnc1C. The van der Waals surface area contributed by atoms with Gasteiger partial charge in [-0.05, 0) is 38.1 Å². The first-order valence-electron chi connectivity index (χ1n) is 8.14. The predicted molar refractivity (Wildman–Crippen MR) is 97.6 cm³/mol. The van der Waals surface area contributed by atoms with Crippen molar-refractivity contribution in [3.05, 3.63) is 60.5 Å². The summed E-state index contributed by atoms with van der Waals surface area (Å²) in [6.07, 6.45) is 4.83. The van der Waals surface area contributed by atoms with Gasteiger partial charge < -0.3 is 13.9 Å². The molecule has 0 unspecified atom stereocenters. The number of fused-ring (bicyclic) bond motifs is 1. The van der Waals surface area contributed by atoms with E-state index in [1.807, 2.05) is 38.1 Å². The highest BCUT2D eigenvalue weighted by molar-refractivity contribution is 5.82. The summed E-state index contributed by atoms with van der Waals surface area (Å²) in [5.41, 5.74) is 4.41. The molecule has 0 spiro atoms. The van der Waals surface area contributed by atoms with Crippen molar-refractivity contribution in [2.24, 2.45) is 0 Å². The van der Waals surface area contributed by atoms with Crippen molar-refractivity contribution in [2.75, 3.05) is 7.11 Å². The first kappa shape index (κ1) is 16.1. The van der Waals surface area contributed by atoms with E-state index < -0.39 is 0 Å². The number of pyridine rings is 1. The highest BCUT2D eigenvalue weighted by atomic mass is 16.5. The fourth-order valence-electron chi connectivity index (χ4n) is 2.99. The van der Waals surface area contributed by atoms with E-state index in [9.17, 15) is 0 Å². The maximum absolute atomic E-state index is 5.96. The molecule has 0 saturated carbocycles. The van der Waals surface area contributed by atoms with Crippen molar-refractivity contribution < 1.29 is 13.9 Å². The third-order valence-electron chi connectivity index (χ3n) is 4.23. The van der Waals surface area contributed by atoms with Crippen LogP contribution in [0.5, 0.6) is 17.4 Å². The first-order chi connectivity index (χ1) is 12.7. The second-order valence-corrected chi connectivity index (χ2v) is 5.83. The Kier molecular flexibility index (Phi) is 4.01. The number of aromatic nitrogens is 3. The predicted octanol–water partition coefficient (Wildman–Crippen LogP) is 4.70. The molecular weight excluding hydrogens is 330 g/mol. The molecule has 0 fully saturated rings. The molecule has 4 rings (SSSR count). The lowest BCUT2D eigenvalue weighted by Gasteiger charge is -2.14. The van der Waals surface area contributed by atoms with Gasteiger partial charge in [0.25, 0.3) is 0 Å². The summed E-state index contributed by atoms with van der Waals surface area (Å²) in [5.74, 6) is 1.79. The van der Waals surface area contributed by atoms with Gasteiger partial charge in [-0.3, -0.25) is 0 Å². The minimum absolute atomic E-state index is 0.487. The topological polar surface area (TPSA) is 70.3 Å². The molecule has 0 amide bonds. The summed E-state index contributed by atoms with van der Waals surface area (Å²) in [7, 11) is 1.63. The Labute approximate surface area is 150 Å². The fraction of sp³-hybridized carbons (Fsp3) is 0.150. The molecule has 6 heteroatoms. The van der Waals surface area contributed by atoms with Crippen molar-refractivity contribution in [1.29, 1.82) is 0 Å². The van der Waals surface area contributed by atoms with E-state index in [4.69, 9.17) is 13.9 Å². The van der Waals surface area contributed by atoms with Crippen LogP contribution in [0, 0.1) is 13.8 Å². The number of hydrogen-bond acceptors (Lipinski definition) is 6. The van der Waals surface area contributed by atoms with Crippen molar-refractivity contribution in [1.82, 2.24) is 15.0 Å². The summed E-state index contributed by atoms with van der Waals surface area (Å²) in [6.45, 7) is 3.91. The van der Waals surface area contributed by atoms with Crippen molar-refractivity contribution >= 4 is 11.0 Å². The molecule has 0 N–H and O–H groups in total. The standard InChI is InChI=1S/C20H17N3O3/c1-12-19(13(2)23-11-22-12)15-5-4-14(10-18(15)24-3)26-20-16-7-9-25-17(16)6-8-21-20/h4-11H,1-3H3. The summed E-state index contributed by atoms with van der Waals surface area (Å²) >= 11 is 0. The molecule has 1 aromatic carbocycles. The van der Waals surface area contributed by atoms with Gasteiger partial charge >= 0.3 is 0 Å². The van der Waals surface area contributed by atoms with Crippen LogP contribution in [-0.2, 0) is 0 Å². The van der Waals surface area contributed by atoms with Crippen LogP contribution in [0.4, 0.5) is 0 Å². The molecule has 6 nitrogen and oxygen atoms in total. The quantitative estimate of drug-likeness (QED) is 0.533. The highest BCUT2D eigenvalue weighted by Gasteiger charge is 2.15. The zero-order chi connectivity index (χ0) is 18.1. The van der Waals surface area contributed by atoms with E-state index in [1.54, 1.807) is 32.0 Å². The maximum atomic E-state index is 5.96. The van der Waals surface area contributed by atoms with Crippen molar-refractivity contribution in [3.63, 3.8) is 0 Å². The van der Waals surface area contributed by atoms with Crippen LogP contribution in [0.2, 0.25) is 0 Å². The molecule has 0 aliphatic carbocycles. The monoisotopic (exact) mass is 347 g/mol. The van der Waals surface area contributed by atoms with Gasteiger partial charge in [0.05, 0.1) is 18.8 Å². The molecule has 0 aliphatic heterocycles. The molecule has 0 bridgehead atoms. The Morgan fingerprint density at radius 3 is 2.54 bits per heavy atom. The Morgan fingerprint density at radius 1 is 0.962 bits per heavy atom. The largest absolute Gasteiger partial charge is 0.496 e. The number of rotatable bonds is 4. The van der Waals surface area contributed by atoms with Crippen LogP contribution in [0.15, 0.2) is 53.5 Å². The van der Waals surface area contributed by atoms with Gasteiger partial charge in [0.15, 0.2) is 0 Å². The molecule has 3 heterocycles. The fourth-order valence-corrected chi connectivity index (χ4v) is 2.99. The van der Waals surface area contributed by atoms with Gasteiger partial charge in [0.1, 0.15) is 23.4 Å². The molecule has 130 valence electrons. The average Bonchev–Trinajstić information content (AvgIpc) is 3.12. The molecule has 26 heavy (non-hydrogen) atoms. The molecule has 4 aromatic rings. The average molecular weight is 347 g/mol. The summed E-state index contributed by atoms with van der Waals surface area (Å²) in [6, 6.07) is 9.29. The van der Waals surface area contributed by atoms with Gasteiger partial charge in [-0.2, -0.15) is 0 Å². The van der Waals surface area contributed by atoms with Gasteiger partial charge in [0.2, 0.25) is 5.88 Å². The summed E-state index contributed by atoms with van der Waals surface area (Å²) < 4.78 is 16.9. The molecular formula is C20H17N3O3. The van der Waals surface area contributed by atoms with Crippen LogP contribution < -0.4 is 9.47 Å². The molecule has 0 atom stereocenters. The van der Waals surface area contributed by atoms with Gasteiger partial charge in [-0.25, -0.2) is 15.0 Å². The van der Waals surface area contributed by atoms with Crippen molar-refractivity contribution in [2.45, 2.75) is 13.8 Å². The van der Waals surface area contributed by atoms with E-state index in [0.29, 0.717) is 17.4 Å². The van der Waals surface area contributed by atoms with Crippen molar-refractivity contribution in [3.8, 4) is 28.5 Å². The Hall–Kier alpha value is -3.41. The number of furan rings is 1. The summed E-state index contributed by atoms with van der Waals surface area (Å²) in [4.78, 5) is 12.9. The van der Waals surface area contributed by atoms with Gasteiger partial charge in [-0.1, -0.05) is 0 Å². The van der Waals surface area contributed by atoms with E-state index in [0.717, 1.165) is 33.5 Å².